The van der Waals surface area contributed by atoms with Crippen LogP contribution in [-0.2, 0) is 0 Å². The van der Waals surface area contributed by atoms with Gasteiger partial charge in [0.1, 0.15) is 0 Å². The van der Waals surface area contributed by atoms with Gasteiger partial charge in [0.2, 0.25) is 5.82 Å². The van der Waals surface area contributed by atoms with Crippen LogP contribution in [0.15, 0.2) is 82.1 Å². The summed E-state index contributed by atoms with van der Waals surface area (Å²) in [5, 5.41) is 9.95. The van der Waals surface area contributed by atoms with Gasteiger partial charge >= 0.3 is 0 Å². The number of nitrogens with zero attached hydrogens (tertiary/aromatic N) is 4. The first-order valence-electron chi connectivity index (χ1n) is 9.60. The van der Waals surface area contributed by atoms with Crippen LogP contribution in [0.25, 0.3) is 39.4 Å². The number of hydrogen-bond acceptors (Lipinski definition) is 5. The summed E-state index contributed by atoms with van der Waals surface area (Å²) in [6.07, 6.45) is 0. The maximum absolute atomic E-state index is 13.1. The Morgan fingerprint density at radius 3 is 2.37 bits per heavy atom. The topological polar surface area (TPSA) is 73.8 Å². The minimum absolute atomic E-state index is 0.198. The summed E-state index contributed by atoms with van der Waals surface area (Å²) in [5.74, 6) is 0.747. The molecule has 3 aromatic carbocycles. The van der Waals surface area contributed by atoms with Crippen LogP contribution in [0.3, 0.4) is 0 Å². The molecule has 0 unspecified atom stereocenters. The Labute approximate surface area is 172 Å². The fourth-order valence-electron chi connectivity index (χ4n) is 3.43. The molecule has 6 heteroatoms. The predicted octanol–water partition coefficient (Wildman–Crippen LogP) is 4.72. The molecule has 5 aromatic rings. The molecule has 0 aliphatic heterocycles. The third-order valence-corrected chi connectivity index (χ3v) is 4.99. The molecule has 5 rings (SSSR count). The summed E-state index contributed by atoms with van der Waals surface area (Å²) < 4.78 is 6.95. The lowest BCUT2D eigenvalue weighted by molar-refractivity contribution is 0.430. The second-order valence-corrected chi connectivity index (χ2v) is 7.24. The maximum atomic E-state index is 13.1. The molecule has 0 amide bonds. The zero-order chi connectivity index (χ0) is 20.7. The van der Waals surface area contributed by atoms with Crippen molar-refractivity contribution in [1.82, 2.24) is 19.9 Å². The molecule has 0 aliphatic carbocycles. The van der Waals surface area contributed by atoms with E-state index in [2.05, 4.69) is 15.2 Å². The smallest absolute Gasteiger partial charge is 0.279 e. The van der Waals surface area contributed by atoms with Crippen molar-refractivity contribution < 1.29 is 4.52 Å². The van der Waals surface area contributed by atoms with Crippen molar-refractivity contribution in [2.45, 2.75) is 13.8 Å². The van der Waals surface area contributed by atoms with E-state index in [1.165, 1.54) is 4.68 Å². The molecule has 0 atom stereocenters. The fraction of sp³-hybridized carbons (Fsp3) is 0.0833. The van der Waals surface area contributed by atoms with Crippen LogP contribution in [0, 0.1) is 13.8 Å². The van der Waals surface area contributed by atoms with E-state index >= 15 is 0 Å². The van der Waals surface area contributed by atoms with E-state index in [0.29, 0.717) is 28.0 Å². The van der Waals surface area contributed by atoms with Gasteiger partial charge < -0.3 is 4.52 Å². The second-order valence-electron chi connectivity index (χ2n) is 7.24. The van der Waals surface area contributed by atoms with Crippen molar-refractivity contribution in [3.63, 3.8) is 0 Å². The fourth-order valence-corrected chi connectivity index (χ4v) is 3.43. The number of aromatic nitrogens is 4. The van der Waals surface area contributed by atoms with Crippen molar-refractivity contribution in [3.8, 4) is 28.7 Å². The van der Waals surface area contributed by atoms with Gasteiger partial charge in [-0.3, -0.25) is 4.79 Å². The molecule has 0 spiro atoms. The summed E-state index contributed by atoms with van der Waals surface area (Å²) in [6.45, 7) is 4.01. The lowest BCUT2D eigenvalue weighted by Gasteiger charge is -2.09. The van der Waals surface area contributed by atoms with Crippen LogP contribution < -0.4 is 5.56 Å². The Bertz CT molecular complexity index is 1430. The van der Waals surface area contributed by atoms with E-state index < -0.39 is 0 Å². The molecule has 0 saturated heterocycles. The normalized spacial score (nSPS) is 11.1. The Morgan fingerprint density at radius 1 is 0.833 bits per heavy atom. The van der Waals surface area contributed by atoms with Crippen molar-refractivity contribution in [3.05, 3.63) is 94.3 Å². The summed E-state index contributed by atoms with van der Waals surface area (Å²) in [7, 11) is 0. The summed E-state index contributed by atoms with van der Waals surface area (Å²) >= 11 is 0. The molecule has 0 saturated carbocycles. The first-order chi connectivity index (χ1) is 14.6. The average molecular weight is 394 g/mol. The molecule has 0 fully saturated rings. The highest BCUT2D eigenvalue weighted by Crippen LogP contribution is 2.26. The molecule has 2 aromatic heterocycles. The van der Waals surface area contributed by atoms with Gasteiger partial charge in [0.05, 0.1) is 11.1 Å². The van der Waals surface area contributed by atoms with E-state index in [1.807, 2.05) is 80.6 Å². The van der Waals surface area contributed by atoms with Gasteiger partial charge in [0, 0.05) is 10.9 Å². The van der Waals surface area contributed by atoms with Gasteiger partial charge in [0.15, 0.2) is 5.69 Å². The molecule has 6 nitrogen and oxygen atoms in total. The van der Waals surface area contributed by atoms with E-state index in [9.17, 15) is 4.79 Å². The van der Waals surface area contributed by atoms with E-state index in [-0.39, 0.29) is 11.4 Å². The number of rotatable bonds is 3. The van der Waals surface area contributed by atoms with E-state index in [1.54, 1.807) is 6.07 Å². The van der Waals surface area contributed by atoms with Crippen LogP contribution in [0.1, 0.15) is 11.1 Å². The summed E-state index contributed by atoms with van der Waals surface area (Å²) in [5.41, 5.74) is 4.02. The first-order valence-corrected chi connectivity index (χ1v) is 9.60. The van der Waals surface area contributed by atoms with Crippen molar-refractivity contribution in [2.24, 2.45) is 0 Å². The SMILES string of the molecule is Cc1ccc(-n2nc(-c3nc(-c4cccc(C)c4)no3)c3ccccc3c2=O)cc1. The molecule has 0 aliphatic rings. The number of fused-ring (bicyclic) bond motifs is 1. The Kier molecular flexibility index (Phi) is 4.25. The third-order valence-electron chi connectivity index (χ3n) is 4.99. The highest BCUT2D eigenvalue weighted by molar-refractivity contribution is 5.92. The summed E-state index contributed by atoms with van der Waals surface area (Å²) in [4.78, 5) is 17.7. The minimum atomic E-state index is -0.198. The lowest BCUT2D eigenvalue weighted by Crippen LogP contribution is -2.22. The monoisotopic (exact) mass is 394 g/mol. The Balaban J connectivity index is 1.72. The van der Waals surface area contributed by atoms with Crippen LogP contribution in [0.5, 0.6) is 0 Å². The molecule has 146 valence electrons. The zero-order valence-electron chi connectivity index (χ0n) is 16.5. The second kappa shape index (κ2) is 7.08. The zero-order valence-corrected chi connectivity index (χ0v) is 16.5. The molecule has 0 radical (unpaired) electrons. The standard InChI is InChI=1S/C24H18N4O2/c1-15-10-12-18(13-11-15)28-24(29)20-9-4-3-8-19(20)21(26-28)23-25-22(27-30-23)17-7-5-6-16(2)14-17/h3-14H,1-2H3. The van der Waals surface area contributed by atoms with Gasteiger partial charge in [-0.2, -0.15) is 14.8 Å². The highest BCUT2D eigenvalue weighted by atomic mass is 16.5. The Morgan fingerprint density at radius 2 is 1.60 bits per heavy atom. The average Bonchev–Trinajstić information content (AvgIpc) is 3.25. The van der Waals surface area contributed by atoms with Gasteiger partial charge in [-0.15, -0.1) is 0 Å². The molecular weight excluding hydrogens is 376 g/mol. The van der Waals surface area contributed by atoms with Crippen molar-refractivity contribution in [2.75, 3.05) is 0 Å². The summed E-state index contributed by atoms with van der Waals surface area (Å²) in [6, 6.07) is 22.8. The van der Waals surface area contributed by atoms with Crippen LogP contribution in [0.4, 0.5) is 0 Å². The van der Waals surface area contributed by atoms with E-state index in [0.717, 1.165) is 16.7 Å². The molecule has 0 bridgehead atoms. The van der Waals surface area contributed by atoms with Crippen molar-refractivity contribution in [1.29, 1.82) is 0 Å². The van der Waals surface area contributed by atoms with Crippen LogP contribution in [-0.4, -0.2) is 19.9 Å². The van der Waals surface area contributed by atoms with Gasteiger partial charge in [-0.1, -0.05) is 64.8 Å². The first kappa shape index (κ1) is 18.0. The van der Waals surface area contributed by atoms with Crippen LogP contribution >= 0.6 is 0 Å². The molecule has 30 heavy (non-hydrogen) atoms. The third kappa shape index (κ3) is 3.08. The predicted molar refractivity (Wildman–Crippen MR) is 116 cm³/mol. The van der Waals surface area contributed by atoms with E-state index in [4.69, 9.17) is 4.52 Å². The molecule has 0 N–H and O–H groups in total. The van der Waals surface area contributed by atoms with Crippen molar-refractivity contribution >= 4 is 10.8 Å². The highest BCUT2D eigenvalue weighted by Gasteiger charge is 2.19. The number of aryl methyl sites for hydroxylation is 2. The largest absolute Gasteiger partial charge is 0.332 e. The van der Waals surface area contributed by atoms with Crippen LogP contribution in [0.2, 0.25) is 0 Å². The Hall–Kier alpha value is -4.06. The van der Waals surface area contributed by atoms with Gasteiger partial charge in [0.25, 0.3) is 11.4 Å². The molecule has 2 heterocycles. The number of benzene rings is 3. The minimum Gasteiger partial charge on any atom is -0.332 e. The maximum Gasteiger partial charge on any atom is 0.279 e. The van der Waals surface area contributed by atoms with Gasteiger partial charge in [-0.25, -0.2) is 0 Å². The lowest BCUT2D eigenvalue weighted by atomic mass is 10.1. The number of hydrogen-bond donors (Lipinski definition) is 0. The molecular formula is C24H18N4O2. The van der Waals surface area contributed by atoms with Gasteiger partial charge in [-0.05, 0) is 38.1 Å². The quantitative estimate of drug-likeness (QED) is 0.443.